The van der Waals surface area contributed by atoms with E-state index in [1.165, 1.54) is 25.7 Å². The number of thioether (sulfide) groups is 1. The van der Waals surface area contributed by atoms with Crippen molar-refractivity contribution in [3.8, 4) is 0 Å². The van der Waals surface area contributed by atoms with Gasteiger partial charge >= 0.3 is 0 Å². The second-order valence-corrected chi connectivity index (χ2v) is 7.12. The van der Waals surface area contributed by atoms with Gasteiger partial charge in [-0.1, -0.05) is 35.9 Å². The van der Waals surface area contributed by atoms with Crippen LogP contribution in [0.3, 0.4) is 0 Å². The van der Waals surface area contributed by atoms with Crippen molar-refractivity contribution in [3.63, 3.8) is 0 Å². The minimum atomic E-state index is 0.636. The molecule has 0 bridgehead atoms. The lowest BCUT2D eigenvalue weighted by molar-refractivity contribution is 0.378. The maximum atomic E-state index is 5.85. The summed E-state index contributed by atoms with van der Waals surface area (Å²) in [6.45, 7) is 0.803. The van der Waals surface area contributed by atoms with Crippen LogP contribution >= 0.6 is 23.1 Å². The normalized spacial score (nSPS) is 24.9. The molecular formula is C11H20N4S2. The van der Waals surface area contributed by atoms with E-state index in [0.717, 1.165) is 16.0 Å². The van der Waals surface area contributed by atoms with Gasteiger partial charge in [0.25, 0.3) is 0 Å². The minimum Gasteiger partial charge on any atom is -0.353 e. The topological polar surface area (TPSA) is 55.0 Å². The van der Waals surface area contributed by atoms with Crippen molar-refractivity contribution in [1.29, 1.82) is 0 Å². The molecule has 6 heteroatoms. The van der Waals surface area contributed by atoms with Crippen LogP contribution in [-0.4, -0.2) is 36.1 Å². The van der Waals surface area contributed by atoms with Gasteiger partial charge in [-0.2, -0.15) is 0 Å². The quantitative estimate of drug-likeness (QED) is 0.911. The highest BCUT2D eigenvalue weighted by molar-refractivity contribution is 8.01. The molecule has 1 saturated carbocycles. The lowest BCUT2D eigenvalue weighted by atomic mass is 9.89. The Kier molecular flexibility index (Phi) is 4.64. The highest BCUT2D eigenvalue weighted by Crippen LogP contribution is 2.39. The Morgan fingerprint density at radius 2 is 2.12 bits per heavy atom. The van der Waals surface area contributed by atoms with Crippen molar-refractivity contribution in [2.75, 3.05) is 25.5 Å². The molecular weight excluding hydrogens is 252 g/mol. The van der Waals surface area contributed by atoms with E-state index in [2.05, 4.69) is 10.2 Å². The molecule has 17 heavy (non-hydrogen) atoms. The molecule has 0 saturated heterocycles. The zero-order chi connectivity index (χ0) is 12.3. The van der Waals surface area contributed by atoms with Crippen LogP contribution in [0, 0.1) is 5.92 Å². The highest BCUT2D eigenvalue weighted by atomic mass is 32.2. The standard InChI is InChI=1S/C11H20N4S2/c1-15(2)10-13-14-11(17-10)16-9-6-4-3-5-8(9)7-12/h8-9H,3-7,12H2,1-2H3. The molecule has 1 aromatic rings. The number of nitrogens with zero attached hydrogens (tertiary/aromatic N) is 3. The lowest BCUT2D eigenvalue weighted by Crippen LogP contribution is -2.28. The number of rotatable bonds is 4. The van der Waals surface area contributed by atoms with E-state index in [9.17, 15) is 0 Å². The van der Waals surface area contributed by atoms with Crippen LogP contribution in [0.15, 0.2) is 4.34 Å². The summed E-state index contributed by atoms with van der Waals surface area (Å²) in [5.41, 5.74) is 5.85. The van der Waals surface area contributed by atoms with Gasteiger partial charge in [0.05, 0.1) is 0 Å². The smallest absolute Gasteiger partial charge is 0.208 e. The molecule has 1 fully saturated rings. The third kappa shape index (κ3) is 3.33. The fourth-order valence-electron chi connectivity index (χ4n) is 2.16. The van der Waals surface area contributed by atoms with Crippen LogP contribution in [0.1, 0.15) is 25.7 Å². The number of nitrogens with two attached hydrogens (primary N) is 1. The van der Waals surface area contributed by atoms with Gasteiger partial charge in [-0.3, -0.25) is 0 Å². The van der Waals surface area contributed by atoms with E-state index < -0.39 is 0 Å². The van der Waals surface area contributed by atoms with Crippen molar-refractivity contribution < 1.29 is 0 Å². The number of hydrogen-bond donors (Lipinski definition) is 1. The average molecular weight is 272 g/mol. The number of aromatic nitrogens is 2. The Morgan fingerprint density at radius 1 is 1.35 bits per heavy atom. The van der Waals surface area contributed by atoms with Crippen molar-refractivity contribution >= 4 is 28.2 Å². The molecule has 96 valence electrons. The monoisotopic (exact) mass is 272 g/mol. The van der Waals surface area contributed by atoms with E-state index in [1.54, 1.807) is 11.3 Å². The van der Waals surface area contributed by atoms with Crippen LogP contribution in [0.4, 0.5) is 5.13 Å². The molecule has 0 aliphatic heterocycles. The Hall–Kier alpha value is -0.330. The molecule has 2 rings (SSSR count). The summed E-state index contributed by atoms with van der Waals surface area (Å²) in [5, 5.41) is 10.0. The summed E-state index contributed by atoms with van der Waals surface area (Å²) in [6.07, 6.45) is 5.20. The molecule has 1 heterocycles. The molecule has 1 aliphatic carbocycles. The number of hydrogen-bond acceptors (Lipinski definition) is 6. The van der Waals surface area contributed by atoms with Gasteiger partial charge in [0, 0.05) is 19.3 Å². The van der Waals surface area contributed by atoms with Crippen LogP contribution in [0.2, 0.25) is 0 Å². The Bertz CT molecular complexity index is 353. The maximum Gasteiger partial charge on any atom is 0.208 e. The predicted molar refractivity (Wildman–Crippen MR) is 74.9 cm³/mol. The molecule has 0 spiro atoms. The lowest BCUT2D eigenvalue weighted by Gasteiger charge is -2.29. The average Bonchev–Trinajstić information content (AvgIpc) is 2.78. The van der Waals surface area contributed by atoms with Gasteiger partial charge in [-0.25, -0.2) is 0 Å². The van der Waals surface area contributed by atoms with Gasteiger partial charge in [-0.15, -0.1) is 10.2 Å². The predicted octanol–water partition coefficient (Wildman–Crippen LogP) is 2.21. The van der Waals surface area contributed by atoms with E-state index in [1.807, 2.05) is 30.8 Å². The van der Waals surface area contributed by atoms with Crippen LogP contribution in [0.25, 0.3) is 0 Å². The van der Waals surface area contributed by atoms with Gasteiger partial charge in [-0.05, 0) is 25.3 Å². The highest BCUT2D eigenvalue weighted by Gasteiger charge is 2.26. The second kappa shape index (κ2) is 6.02. The Morgan fingerprint density at radius 3 is 2.76 bits per heavy atom. The SMILES string of the molecule is CN(C)c1nnc(SC2CCCCC2CN)s1. The largest absolute Gasteiger partial charge is 0.353 e. The van der Waals surface area contributed by atoms with Crippen molar-refractivity contribution in [2.24, 2.45) is 11.7 Å². The minimum absolute atomic E-state index is 0.636. The molecule has 4 nitrogen and oxygen atoms in total. The van der Waals surface area contributed by atoms with Gasteiger partial charge in [0.1, 0.15) is 0 Å². The molecule has 2 unspecified atom stereocenters. The number of anilines is 1. The zero-order valence-corrected chi connectivity index (χ0v) is 12.1. The van der Waals surface area contributed by atoms with Crippen LogP contribution < -0.4 is 10.6 Å². The molecule has 2 N–H and O–H groups in total. The van der Waals surface area contributed by atoms with Gasteiger partial charge in [0.15, 0.2) is 4.34 Å². The van der Waals surface area contributed by atoms with Gasteiger partial charge in [0.2, 0.25) is 5.13 Å². The van der Waals surface area contributed by atoms with Crippen molar-refractivity contribution in [1.82, 2.24) is 10.2 Å². The summed E-state index contributed by atoms with van der Waals surface area (Å²) in [4.78, 5) is 2.00. The van der Waals surface area contributed by atoms with E-state index in [-0.39, 0.29) is 0 Å². The summed E-state index contributed by atoms with van der Waals surface area (Å²) in [6, 6.07) is 0. The fraction of sp³-hybridized carbons (Fsp3) is 0.818. The van der Waals surface area contributed by atoms with E-state index in [4.69, 9.17) is 5.73 Å². The van der Waals surface area contributed by atoms with Crippen molar-refractivity contribution in [3.05, 3.63) is 0 Å². The van der Waals surface area contributed by atoms with Crippen LogP contribution in [0.5, 0.6) is 0 Å². The van der Waals surface area contributed by atoms with Crippen LogP contribution in [-0.2, 0) is 0 Å². The summed E-state index contributed by atoms with van der Waals surface area (Å²) >= 11 is 3.55. The summed E-state index contributed by atoms with van der Waals surface area (Å²) in [7, 11) is 4.00. The third-order valence-corrected chi connectivity index (χ3v) is 5.80. The molecule has 0 aromatic carbocycles. The molecule has 0 radical (unpaired) electrons. The Labute approximate surface area is 111 Å². The van der Waals surface area contributed by atoms with Crippen molar-refractivity contribution in [2.45, 2.75) is 35.3 Å². The molecule has 2 atom stereocenters. The van der Waals surface area contributed by atoms with Gasteiger partial charge < -0.3 is 10.6 Å². The second-order valence-electron chi connectivity index (χ2n) is 4.68. The first-order valence-electron chi connectivity index (χ1n) is 6.08. The fourth-order valence-corrected chi connectivity index (χ4v) is 4.52. The summed E-state index contributed by atoms with van der Waals surface area (Å²) < 4.78 is 1.08. The molecule has 0 amide bonds. The Balaban J connectivity index is 1.98. The zero-order valence-electron chi connectivity index (χ0n) is 10.4. The van der Waals surface area contributed by atoms with E-state index >= 15 is 0 Å². The third-order valence-electron chi connectivity index (χ3n) is 3.17. The maximum absolute atomic E-state index is 5.85. The first-order chi connectivity index (χ1) is 8.20. The molecule has 1 aromatic heterocycles. The first kappa shape index (κ1) is 13.1. The molecule has 1 aliphatic rings. The van der Waals surface area contributed by atoms with E-state index in [0.29, 0.717) is 11.2 Å². The summed E-state index contributed by atoms with van der Waals surface area (Å²) in [5.74, 6) is 0.653. The first-order valence-corrected chi connectivity index (χ1v) is 7.78.